The summed E-state index contributed by atoms with van der Waals surface area (Å²) in [5.41, 5.74) is 4.49. The van der Waals surface area contributed by atoms with Gasteiger partial charge in [0.2, 0.25) is 0 Å². The number of pyridine rings is 1. The van der Waals surface area contributed by atoms with Crippen molar-refractivity contribution >= 4 is 5.91 Å². The van der Waals surface area contributed by atoms with Gasteiger partial charge in [0.05, 0.1) is 23.1 Å². The quantitative estimate of drug-likeness (QED) is 0.687. The number of amides is 1. The van der Waals surface area contributed by atoms with Gasteiger partial charge in [-0.2, -0.15) is 5.10 Å². The second-order valence-electron chi connectivity index (χ2n) is 6.35. The Labute approximate surface area is 153 Å². The van der Waals surface area contributed by atoms with E-state index in [9.17, 15) is 4.79 Å². The van der Waals surface area contributed by atoms with Crippen LogP contribution in [0.5, 0.6) is 0 Å². The van der Waals surface area contributed by atoms with Gasteiger partial charge in [-0.3, -0.25) is 9.78 Å². The summed E-state index contributed by atoms with van der Waals surface area (Å²) in [6.45, 7) is 8.36. The molecule has 2 aromatic heterocycles. The molecule has 1 aromatic carbocycles. The van der Waals surface area contributed by atoms with Crippen LogP contribution in [-0.4, -0.2) is 27.2 Å². The molecule has 0 radical (unpaired) electrons. The van der Waals surface area contributed by atoms with Crippen molar-refractivity contribution in [1.29, 1.82) is 0 Å². The van der Waals surface area contributed by atoms with Crippen molar-refractivity contribution in [2.75, 3.05) is 6.54 Å². The van der Waals surface area contributed by atoms with Gasteiger partial charge >= 0.3 is 0 Å². The van der Waals surface area contributed by atoms with Gasteiger partial charge in [0.15, 0.2) is 0 Å². The fourth-order valence-electron chi connectivity index (χ4n) is 2.57. The average molecular weight is 346 g/mol. The van der Waals surface area contributed by atoms with Crippen molar-refractivity contribution in [2.24, 2.45) is 0 Å². The molecule has 0 saturated heterocycles. The van der Waals surface area contributed by atoms with Gasteiger partial charge in [-0.25, -0.2) is 4.68 Å². The van der Waals surface area contributed by atoms with Gasteiger partial charge < -0.3 is 5.32 Å². The molecule has 0 bridgehead atoms. The van der Waals surface area contributed by atoms with Crippen molar-refractivity contribution in [1.82, 2.24) is 20.1 Å². The lowest BCUT2D eigenvalue weighted by Crippen LogP contribution is -2.23. The number of hydrogen-bond acceptors (Lipinski definition) is 3. The van der Waals surface area contributed by atoms with Crippen LogP contribution in [0.2, 0.25) is 0 Å². The maximum Gasteiger partial charge on any atom is 0.253 e. The normalized spacial score (nSPS) is 10.7. The van der Waals surface area contributed by atoms with E-state index in [0.717, 1.165) is 16.9 Å². The van der Waals surface area contributed by atoms with E-state index >= 15 is 0 Å². The minimum atomic E-state index is -0.162. The smallest absolute Gasteiger partial charge is 0.253 e. The number of nitrogens with zero attached hydrogens (tertiary/aromatic N) is 3. The standard InChI is InChI=1S/C21H22N4O/c1-4-11-22-21(26)17-7-10-20(23-12-17)18-13-24-25(14-18)19-8-5-16(6-9-19)15(2)3/h4-10,12-15H,1,11H2,2-3H3,(H,22,26). The maximum absolute atomic E-state index is 11.9. The molecule has 1 amide bonds. The molecule has 2 heterocycles. The van der Waals surface area contributed by atoms with E-state index < -0.39 is 0 Å². The van der Waals surface area contributed by atoms with Crippen LogP contribution >= 0.6 is 0 Å². The molecule has 132 valence electrons. The number of aromatic nitrogens is 3. The lowest BCUT2D eigenvalue weighted by molar-refractivity contribution is 0.0957. The largest absolute Gasteiger partial charge is 0.349 e. The van der Waals surface area contributed by atoms with E-state index in [0.29, 0.717) is 18.0 Å². The lowest BCUT2D eigenvalue weighted by Gasteiger charge is -2.06. The van der Waals surface area contributed by atoms with Crippen LogP contribution in [0, 0.1) is 0 Å². The summed E-state index contributed by atoms with van der Waals surface area (Å²) in [4.78, 5) is 16.3. The van der Waals surface area contributed by atoms with Gasteiger partial charge in [0.1, 0.15) is 0 Å². The van der Waals surface area contributed by atoms with Gasteiger partial charge in [-0.15, -0.1) is 6.58 Å². The second kappa shape index (κ2) is 7.78. The van der Waals surface area contributed by atoms with E-state index in [1.165, 1.54) is 5.56 Å². The first-order valence-corrected chi connectivity index (χ1v) is 8.59. The number of nitrogens with one attached hydrogen (secondary N) is 1. The fourth-order valence-corrected chi connectivity index (χ4v) is 2.57. The highest BCUT2D eigenvalue weighted by Crippen LogP contribution is 2.20. The van der Waals surface area contributed by atoms with Gasteiger partial charge in [-0.1, -0.05) is 32.1 Å². The Morgan fingerprint density at radius 2 is 1.96 bits per heavy atom. The molecule has 3 aromatic rings. The van der Waals surface area contributed by atoms with Crippen molar-refractivity contribution in [3.63, 3.8) is 0 Å². The molecule has 0 saturated carbocycles. The van der Waals surface area contributed by atoms with Crippen LogP contribution in [0.4, 0.5) is 0 Å². The predicted molar refractivity (Wildman–Crippen MR) is 103 cm³/mol. The van der Waals surface area contributed by atoms with E-state index in [2.05, 4.69) is 60.1 Å². The Balaban J connectivity index is 1.77. The molecular weight excluding hydrogens is 324 g/mol. The molecule has 0 fully saturated rings. The zero-order chi connectivity index (χ0) is 18.5. The molecular formula is C21H22N4O. The number of benzene rings is 1. The minimum absolute atomic E-state index is 0.162. The molecule has 0 atom stereocenters. The van der Waals surface area contributed by atoms with Crippen LogP contribution in [0.1, 0.15) is 35.7 Å². The molecule has 26 heavy (non-hydrogen) atoms. The Morgan fingerprint density at radius 1 is 1.19 bits per heavy atom. The summed E-state index contributed by atoms with van der Waals surface area (Å²) in [5, 5.41) is 7.15. The van der Waals surface area contributed by atoms with Crippen molar-refractivity contribution in [3.05, 3.63) is 78.8 Å². The Bertz CT molecular complexity index is 893. The van der Waals surface area contributed by atoms with E-state index in [4.69, 9.17) is 0 Å². The van der Waals surface area contributed by atoms with Gasteiger partial charge in [0.25, 0.3) is 5.91 Å². The highest BCUT2D eigenvalue weighted by atomic mass is 16.1. The molecule has 0 aliphatic carbocycles. The van der Waals surface area contributed by atoms with E-state index in [-0.39, 0.29) is 5.91 Å². The summed E-state index contributed by atoms with van der Waals surface area (Å²) in [5.74, 6) is 0.341. The van der Waals surface area contributed by atoms with Crippen molar-refractivity contribution in [3.8, 4) is 16.9 Å². The lowest BCUT2D eigenvalue weighted by atomic mass is 10.0. The zero-order valence-electron chi connectivity index (χ0n) is 15.0. The summed E-state index contributed by atoms with van der Waals surface area (Å²) in [6.07, 6.45) is 6.92. The zero-order valence-corrected chi connectivity index (χ0v) is 15.0. The third-order valence-corrected chi connectivity index (χ3v) is 4.14. The Hall–Kier alpha value is -3.21. The summed E-state index contributed by atoms with van der Waals surface area (Å²) >= 11 is 0. The number of rotatable bonds is 6. The summed E-state index contributed by atoms with van der Waals surface area (Å²) in [6, 6.07) is 12.0. The molecule has 5 heteroatoms. The number of carbonyl (C=O) groups excluding carboxylic acids is 1. The third-order valence-electron chi connectivity index (χ3n) is 4.14. The molecule has 1 N–H and O–H groups in total. The van der Waals surface area contributed by atoms with Crippen LogP contribution < -0.4 is 5.32 Å². The van der Waals surface area contributed by atoms with Crippen LogP contribution in [-0.2, 0) is 0 Å². The SMILES string of the molecule is C=CCNC(=O)c1ccc(-c2cnn(-c3ccc(C(C)C)cc3)c2)nc1. The van der Waals surface area contributed by atoms with Crippen LogP contribution in [0.25, 0.3) is 16.9 Å². The number of carbonyl (C=O) groups is 1. The van der Waals surface area contributed by atoms with Crippen LogP contribution in [0.15, 0.2) is 67.6 Å². The monoisotopic (exact) mass is 346 g/mol. The highest BCUT2D eigenvalue weighted by molar-refractivity contribution is 5.94. The van der Waals surface area contributed by atoms with Crippen molar-refractivity contribution < 1.29 is 4.79 Å². The third kappa shape index (κ3) is 3.88. The molecule has 0 aliphatic heterocycles. The molecule has 3 rings (SSSR count). The number of hydrogen-bond donors (Lipinski definition) is 1. The minimum Gasteiger partial charge on any atom is -0.349 e. The second-order valence-corrected chi connectivity index (χ2v) is 6.35. The highest BCUT2D eigenvalue weighted by Gasteiger charge is 2.08. The first kappa shape index (κ1) is 17.6. The van der Waals surface area contributed by atoms with Gasteiger partial charge in [0, 0.05) is 24.5 Å². The molecule has 0 aliphatic rings. The van der Waals surface area contributed by atoms with E-state index in [1.807, 2.05) is 16.9 Å². The first-order chi connectivity index (χ1) is 12.6. The topological polar surface area (TPSA) is 59.8 Å². The Kier molecular flexibility index (Phi) is 5.27. The average Bonchev–Trinajstić information content (AvgIpc) is 3.16. The summed E-state index contributed by atoms with van der Waals surface area (Å²) in [7, 11) is 0. The van der Waals surface area contributed by atoms with Crippen LogP contribution in [0.3, 0.4) is 0 Å². The van der Waals surface area contributed by atoms with E-state index in [1.54, 1.807) is 24.5 Å². The summed E-state index contributed by atoms with van der Waals surface area (Å²) < 4.78 is 1.83. The van der Waals surface area contributed by atoms with Crippen molar-refractivity contribution in [2.45, 2.75) is 19.8 Å². The predicted octanol–water partition coefficient (Wildman–Crippen LogP) is 3.97. The molecule has 0 unspecified atom stereocenters. The first-order valence-electron chi connectivity index (χ1n) is 8.59. The molecule has 0 spiro atoms. The van der Waals surface area contributed by atoms with Gasteiger partial charge in [-0.05, 0) is 35.7 Å². The molecule has 5 nitrogen and oxygen atoms in total. The fraction of sp³-hybridized carbons (Fsp3) is 0.190. The maximum atomic E-state index is 11.9. The Morgan fingerprint density at radius 3 is 2.58 bits per heavy atom.